The largest absolute Gasteiger partial charge is 0.498 e. The third-order valence-electron chi connectivity index (χ3n) is 5.64. The van der Waals surface area contributed by atoms with E-state index >= 15 is 0 Å². The number of pyridine rings is 2. The van der Waals surface area contributed by atoms with Crippen LogP contribution in [0, 0.1) is 12.8 Å². The van der Waals surface area contributed by atoms with Crippen molar-refractivity contribution in [1.29, 1.82) is 0 Å². The van der Waals surface area contributed by atoms with Crippen molar-refractivity contribution in [3.8, 4) is 0 Å². The van der Waals surface area contributed by atoms with Gasteiger partial charge in [0.2, 0.25) is 0 Å². The monoisotopic (exact) mass is 449 g/mol. The maximum absolute atomic E-state index is 5.83. The van der Waals surface area contributed by atoms with Gasteiger partial charge in [-0.1, -0.05) is 39.1 Å². The molecule has 0 aromatic carbocycles. The normalized spacial score (nSPS) is 13.6. The summed E-state index contributed by atoms with van der Waals surface area (Å²) in [5.74, 6) is 3.08. The molecule has 1 aliphatic heterocycles. The van der Waals surface area contributed by atoms with E-state index in [1.54, 1.807) is 0 Å². The lowest BCUT2D eigenvalue weighted by Crippen LogP contribution is -2.30. The fourth-order valence-electron chi connectivity index (χ4n) is 3.79. The lowest BCUT2D eigenvalue weighted by molar-refractivity contribution is 0.167. The van der Waals surface area contributed by atoms with Crippen LogP contribution in [0.5, 0.6) is 0 Å². The van der Waals surface area contributed by atoms with E-state index in [1.807, 2.05) is 19.2 Å². The molecule has 6 nitrogen and oxygen atoms in total. The van der Waals surface area contributed by atoms with Gasteiger partial charge in [0.25, 0.3) is 0 Å². The number of aryl methyl sites for hydroxylation is 3. The second kappa shape index (κ2) is 12.3. The molecule has 178 valence electrons. The van der Waals surface area contributed by atoms with E-state index in [0.717, 1.165) is 66.7 Å². The molecule has 0 saturated carbocycles. The van der Waals surface area contributed by atoms with Crippen LogP contribution >= 0.6 is 0 Å². The van der Waals surface area contributed by atoms with Crippen molar-refractivity contribution in [2.24, 2.45) is 5.92 Å². The van der Waals surface area contributed by atoms with Gasteiger partial charge in [0, 0.05) is 37.1 Å². The quantitative estimate of drug-likeness (QED) is 0.294. The summed E-state index contributed by atoms with van der Waals surface area (Å²) < 4.78 is 5.83. The topological polar surface area (TPSA) is 71.1 Å². The Labute approximate surface area is 199 Å². The first-order valence-corrected chi connectivity index (χ1v) is 12.1. The van der Waals surface area contributed by atoms with Gasteiger partial charge in [-0.05, 0) is 61.8 Å². The van der Waals surface area contributed by atoms with E-state index in [2.05, 4.69) is 66.1 Å². The molecule has 3 rings (SSSR count). The molecule has 3 N–H and O–H groups in total. The molecule has 0 radical (unpaired) electrons. The van der Waals surface area contributed by atoms with Gasteiger partial charge >= 0.3 is 0 Å². The molecule has 2 aromatic heterocycles. The highest BCUT2D eigenvalue weighted by Crippen LogP contribution is 2.22. The number of anilines is 1. The van der Waals surface area contributed by atoms with E-state index in [4.69, 9.17) is 9.72 Å². The van der Waals surface area contributed by atoms with Gasteiger partial charge in [-0.15, -0.1) is 0 Å². The summed E-state index contributed by atoms with van der Waals surface area (Å²) in [7, 11) is 0. The lowest BCUT2D eigenvalue weighted by Gasteiger charge is -2.24. The minimum Gasteiger partial charge on any atom is -0.498 e. The van der Waals surface area contributed by atoms with Crippen LogP contribution in [-0.4, -0.2) is 29.7 Å². The molecule has 0 saturated heterocycles. The number of aromatic nitrogens is 2. The summed E-state index contributed by atoms with van der Waals surface area (Å²) in [6.07, 6.45) is 6.78. The van der Waals surface area contributed by atoms with Gasteiger partial charge in [-0.25, -0.2) is 4.98 Å². The molecule has 33 heavy (non-hydrogen) atoms. The van der Waals surface area contributed by atoms with E-state index in [1.165, 1.54) is 12.0 Å². The first-order valence-electron chi connectivity index (χ1n) is 12.1. The number of hydrogen-bond acceptors (Lipinski definition) is 6. The molecule has 1 atom stereocenters. The van der Waals surface area contributed by atoms with Crippen molar-refractivity contribution >= 4 is 5.82 Å². The van der Waals surface area contributed by atoms with Crippen LogP contribution in [0.2, 0.25) is 0 Å². The fourth-order valence-corrected chi connectivity index (χ4v) is 3.79. The van der Waals surface area contributed by atoms with Crippen molar-refractivity contribution in [3.05, 3.63) is 77.7 Å². The molecule has 2 aromatic rings. The van der Waals surface area contributed by atoms with E-state index in [0.29, 0.717) is 18.9 Å². The second-order valence-corrected chi connectivity index (χ2v) is 9.23. The first-order chi connectivity index (χ1) is 15.9. The van der Waals surface area contributed by atoms with Gasteiger partial charge in [0.1, 0.15) is 5.82 Å². The van der Waals surface area contributed by atoms with Crippen molar-refractivity contribution < 1.29 is 4.74 Å². The van der Waals surface area contributed by atoms with Crippen LogP contribution < -0.4 is 16.0 Å². The maximum atomic E-state index is 5.83. The van der Waals surface area contributed by atoms with Crippen LogP contribution in [0.1, 0.15) is 61.7 Å². The zero-order chi connectivity index (χ0) is 23.6. The van der Waals surface area contributed by atoms with E-state index < -0.39 is 0 Å². The molecule has 0 amide bonds. The molecule has 1 aliphatic rings. The summed E-state index contributed by atoms with van der Waals surface area (Å²) in [4.78, 5) is 9.24. The average Bonchev–Trinajstić information content (AvgIpc) is 2.80. The van der Waals surface area contributed by atoms with Crippen molar-refractivity contribution in [1.82, 2.24) is 20.6 Å². The van der Waals surface area contributed by atoms with Crippen molar-refractivity contribution in [3.63, 3.8) is 0 Å². The van der Waals surface area contributed by atoms with Gasteiger partial charge in [-0.2, -0.15) is 0 Å². The van der Waals surface area contributed by atoms with Gasteiger partial charge in [-0.3, -0.25) is 4.98 Å². The Morgan fingerprint density at radius 2 is 2.06 bits per heavy atom. The first kappa shape index (κ1) is 24.6. The summed E-state index contributed by atoms with van der Waals surface area (Å²) in [5, 5.41) is 10.3. The molecule has 0 aliphatic carbocycles. The van der Waals surface area contributed by atoms with Crippen molar-refractivity contribution in [2.45, 2.75) is 58.9 Å². The van der Waals surface area contributed by atoms with E-state index in [9.17, 15) is 0 Å². The maximum Gasteiger partial charge on any atom is 0.129 e. The smallest absolute Gasteiger partial charge is 0.129 e. The third kappa shape index (κ3) is 8.12. The van der Waals surface area contributed by atoms with Crippen molar-refractivity contribution in [2.75, 3.05) is 25.0 Å². The minimum absolute atomic E-state index is 0.00820. The molecule has 0 unspecified atom stereocenters. The van der Waals surface area contributed by atoms with Crippen LogP contribution in [0.15, 0.2) is 55.2 Å². The number of ether oxygens (including phenoxy) is 1. The highest BCUT2D eigenvalue weighted by atomic mass is 16.5. The third-order valence-corrected chi connectivity index (χ3v) is 5.64. The van der Waals surface area contributed by atoms with Crippen LogP contribution in [0.25, 0.3) is 0 Å². The fraction of sp³-hybridized carbons (Fsp3) is 0.481. The molecule has 0 bridgehead atoms. The number of nitrogens with zero attached hydrogens (tertiary/aromatic N) is 2. The summed E-state index contributed by atoms with van der Waals surface area (Å²) in [6, 6.07) is 8.48. The minimum atomic E-state index is -0.00820. The number of rotatable bonds is 13. The van der Waals surface area contributed by atoms with Gasteiger partial charge < -0.3 is 20.7 Å². The molecular weight excluding hydrogens is 410 g/mol. The highest BCUT2D eigenvalue weighted by Gasteiger charge is 2.15. The summed E-state index contributed by atoms with van der Waals surface area (Å²) in [6.45, 7) is 17.1. The Balaban J connectivity index is 1.49. The number of nitrogens with one attached hydrogen (secondary N) is 3. The Morgan fingerprint density at radius 1 is 1.21 bits per heavy atom. The Morgan fingerprint density at radius 3 is 2.82 bits per heavy atom. The molecule has 0 fully saturated rings. The molecule has 6 heteroatoms. The summed E-state index contributed by atoms with van der Waals surface area (Å²) >= 11 is 0. The Bertz CT molecular complexity index is 923. The number of fused-ring (bicyclic) bond motifs is 1. The zero-order valence-corrected chi connectivity index (χ0v) is 20.4. The average molecular weight is 450 g/mol. The Hall–Kier alpha value is -3.02. The highest BCUT2D eigenvalue weighted by molar-refractivity contribution is 5.47. The predicted molar refractivity (Wildman–Crippen MR) is 136 cm³/mol. The molecule has 3 heterocycles. The predicted octanol–water partition coefficient (Wildman–Crippen LogP) is 5.04. The second-order valence-electron chi connectivity index (χ2n) is 9.23. The summed E-state index contributed by atoms with van der Waals surface area (Å²) in [5.41, 5.74) is 4.54. The molecule has 0 spiro atoms. The van der Waals surface area contributed by atoms with E-state index in [-0.39, 0.29) is 6.04 Å². The zero-order valence-electron chi connectivity index (χ0n) is 20.4. The lowest BCUT2D eigenvalue weighted by atomic mass is 10.0. The van der Waals surface area contributed by atoms with Crippen LogP contribution in [-0.2, 0) is 17.6 Å². The van der Waals surface area contributed by atoms with Crippen LogP contribution in [0.3, 0.4) is 0 Å². The SMILES string of the molecule is C=C(NCCCc1ccc2c(n1)NCCC2)N[C@@H](CC(=C)OCC(C)C)c1ccc(C)nc1. The number of hydrogen-bond donors (Lipinski definition) is 3. The van der Waals surface area contributed by atoms with Gasteiger partial charge in [0.15, 0.2) is 0 Å². The molecular formula is C27H39N5O. The standard InChI is InChI=1S/C27H39N5O/c1-19(2)18-33-21(4)16-26(24-11-10-20(3)30-17-24)31-22(5)28-14-7-9-25-13-12-23-8-6-15-29-27(23)32-25/h10-13,17,19,26,28,31H,4-9,14-16,18H2,1-3H3,(H,29,32)/t26-/m0/s1. The van der Waals surface area contributed by atoms with Crippen LogP contribution in [0.4, 0.5) is 5.82 Å². The van der Waals surface area contributed by atoms with Gasteiger partial charge in [0.05, 0.1) is 24.2 Å². The Kier molecular flexibility index (Phi) is 9.16.